The zero-order valence-electron chi connectivity index (χ0n) is 11.4. The van der Waals surface area contributed by atoms with Gasteiger partial charge in [0.15, 0.2) is 0 Å². The molecule has 3 N–H and O–H groups in total. The van der Waals surface area contributed by atoms with Gasteiger partial charge in [0.1, 0.15) is 0 Å². The molecular weight excluding hydrogens is 252 g/mol. The maximum atomic E-state index is 4.18. The Morgan fingerprint density at radius 2 is 2.10 bits per heavy atom. The summed E-state index contributed by atoms with van der Waals surface area (Å²) < 4.78 is 0. The molecule has 3 aromatic rings. The van der Waals surface area contributed by atoms with Gasteiger partial charge in [0.2, 0.25) is 0 Å². The fraction of sp³-hybridized carbons (Fsp3) is 0.214. The van der Waals surface area contributed by atoms with E-state index in [4.69, 9.17) is 0 Å². The van der Waals surface area contributed by atoms with E-state index in [1.807, 2.05) is 38.4 Å². The van der Waals surface area contributed by atoms with Crippen LogP contribution in [0.3, 0.4) is 0 Å². The maximum Gasteiger partial charge on any atom is 0.0825 e. The summed E-state index contributed by atoms with van der Waals surface area (Å²) in [6.07, 6.45) is 5.42. The molecule has 3 aromatic heterocycles. The van der Waals surface area contributed by atoms with E-state index in [0.717, 1.165) is 33.9 Å². The van der Waals surface area contributed by atoms with Gasteiger partial charge in [0, 0.05) is 30.1 Å². The second-order valence-corrected chi connectivity index (χ2v) is 4.67. The summed E-state index contributed by atoms with van der Waals surface area (Å²) in [5, 5.41) is 17.7. The van der Waals surface area contributed by atoms with Crippen molar-refractivity contribution in [1.82, 2.24) is 25.4 Å². The van der Waals surface area contributed by atoms with Gasteiger partial charge in [0.25, 0.3) is 0 Å². The molecule has 0 aliphatic carbocycles. The molecule has 0 bridgehead atoms. The number of H-pyrrole nitrogens is 2. The van der Waals surface area contributed by atoms with E-state index in [9.17, 15) is 0 Å². The van der Waals surface area contributed by atoms with Crippen LogP contribution >= 0.6 is 0 Å². The fourth-order valence-electron chi connectivity index (χ4n) is 2.20. The third-order valence-corrected chi connectivity index (χ3v) is 3.25. The number of pyridine rings is 1. The minimum absolute atomic E-state index is 0.682. The monoisotopic (exact) mass is 268 g/mol. The van der Waals surface area contributed by atoms with Crippen LogP contribution in [0.4, 0.5) is 5.69 Å². The molecule has 0 atom stereocenters. The molecule has 0 spiro atoms. The van der Waals surface area contributed by atoms with Crippen LogP contribution in [0.1, 0.15) is 17.0 Å². The van der Waals surface area contributed by atoms with Gasteiger partial charge in [0.05, 0.1) is 29.0 Å². The summed E-state index contributed by atoms with van der Waals surface area (Å²) in [6.45, 7) is 4.66. The molecular formula is C14H16N6. The molecule has 6 nitrogen and oxygen atoms in total. The number of aromatic amines is 2. The summed E-state index contributed by atoms with van der Waals surface area (Å²) in [5.41, 5.74) is 6.16. The first-order valence-corrected chi connectivity index (χ1v) is 6.44. The molecule has 102 valence electrons. The molecule has 0 fully saturated rings. The van der Waals surface area contributed by atoms with E-state index in [1.54, 1.807) is 6.20 Å². The largest absolute Gasteiger partial charge is 0.378 e. The average molecular weight is 268 g/mol. The summed E-state index contributed by atoms with van der Waals surface area (Å²) in [6, 6.07) is 3.93. The van der Waals surface area contributed by atoms with Crippen molar-refractivity contribution in [3.05, 3.63) is 47.7 Å². The fourth-order valence-corrected chi connectivity index (χ4v) is 2.20. The van der Waals surface area contributed by atoms with Crippen LogP contribution in [0.15, 0.2) is 30.7 Å². The minimum Gasteiger partial charge on any atom is -0.378 e. The van der Waals surface area contributed by atoms with Crippen LogP contribution < -0.4 is 5.32 Å². The lowest BCUT2D eigenvalue weighted by atomic mass is 10.1. The van der Waals surface area contributed by atoms with Crippen molar-refractivity contribution in [3.63, 3.8) is 0 Å². The Morgan fingerprint density at radius 3 is 2.80 bits per heavy atom. The highest BCUT2D eigenvalue weighted by atomic mass is 15.2. The Balaban J connectivity index is 1.81. The predicted octanol–water partition coefficient (Wildman–Crippen LogP) is 2.42. The first-order chi connectivity index (χ1) is 9.75. The van der Waals surface area contributed by atoms with Crippen molar-refractivity contribution < 1.29 is 0 Å². The standard InChI is InChI=1S/C14H16N6/c1-9-13(10(2)19-18-9)16-7-12-8-17-20-14(12)11-4-3-5-15-6-11/h3-6,8,16H,7H2,1-2H3,(H,17,20)(H,18,19). The van der Waals surface area contributed by atoms with E-state index < -0.39 is 0 Å². The molecule has 0 amide bonds. The van der Waals surface area contributed by atoms with Crippen molar-refractivity contribution in [1.29, 1.82) is 0 Å². The highest BCUT2D eigenvalue weighted by Crippen LogP contribution is 2.22. The number of anilines is 1. The molecule has 0 aliphatic rings. The molecule has 0 saturated heterocycles. The Hall–Kier alpha value is -2.63. The Bertz CT molecular complexity index is 678. The topological polar surface area (TPSA) is 82.3 Å². The van der Waals surface area contributed by atoms with E-state index in [1.165, 1.54) is 0 Å². The summed E-state index contributed by atoms with van der Waals surface area (Å²) in [5.74, 6) is 0. The van der Waals surface area contributed by atoms with Gasteiger partial charge in [-0.05, 0) is 26.0 Å². The lowest BCUT2D eigenvalue weighted by Gasteiger charge is -2.07. The van der Waals surface area contributed by atoms with Gasteiger partial charge in [-0.2, -0.15) is 10.2 Å². The normalized spacial score (nSPS) is 10.7. The first kappa shape index (κ1) is 12.4. The minimum atomic E-state index is 0.682. The predicted molar refractivity (Wildman–Crippen MR) is 77.2 cm³/mol. The zero-order valence-corrected chi connectivity index (χ0v) is 11.4. The van der Waals surface area contributed by atoms with Crippen LogP contribution in [0.5, 0.6) is 0 Å². The Labute approximate surface area is 116 Å². The first-order valence-electron chi connectivity index (χ1n) is 6.44. The number of aryl methyl sites for hydroxylation is 2. The lowest BCUT2D eigenvalue weighted by Crippen LogP contribution is -2.01. The molecule has 3 heterocycles. The lowest BCUT2D eigenvalue weighted by molar-refractivity contribution is 1.02. The van der Waals surface area contributed by atoms with E-state index >= 15 is 0 Å². The number of nitrogens with zero attached hydrogens (tertiary/aromatic N) is 3. The van der Waals surface area contributed by atoms with Crippen LogP contribution in [0.2, 0.25) is 0 Å². The van der Waals surface area contributed by atoms with E-state index in [2.05, 4.69) is 30.7 Å². The third kappa shape index (κ3) is 2.27. The Kier molecular flexibility index (Phi) is 3.20. The SMILES string of the molecule is Cc1n[nH]c(C)c1NCc1cn[nH]c1-c1cccnc1. The highest BCUT2D eigenvalue weighted by molar-refractivity contribution is 5.62. The van der Waals surface area contributed by atoms with Crippen molar-refractivity contribution in [2.45, 2.75) is 20.4 Å². The second-order valence-electron chi connectivity index (χ2n) is 4.67. The molecule has 0 radical (unpaired) electrons. The summed E-state index contributed by atoms with van der Waals surface area (Å²) in [4.78, 5) is 4.14. The molecule has 20 heavy (non-hydrogen) atoms. The van der Waals surface area contributed by atoms with Crippen LogP contribution in [-0.4, -0.2) is 25.4 Å². The van der Waals surface area contributed by atoms with Crippen LogP contribution in [0, 0.1) is 13.8 Å². The van der Waals surface area contributed by atoms with Crippen LogP contribution in [0.25, 0.3) is 11.3 Å². The van der Waals surface area contributed by atoms with Gasteiger partial charge in [-0.15, -0.1) is 0 Å². The van der Waals surface area contributed by atoms with Gasteiger partial charge in [-0.25, -0.2) is 0 Å². The molecule has 0 unspecified atom stereocenters. The van der Waals surface area contributed by atoms with Gasteiger partial charge < -0.3 is 5.32 Å². The molecule has 3 rings (SSSR count). The number of aromatic nitrogens is 5. The number of nitrogens with one attached hydrogen (secondary N) is 3. The molecule has 6 heteroatoms. The molecule has 0 aromatic carbocycles. The number of hydrogen-bond acceptors (Lipinski definition) is 4. The molecule has 0 saturated carbocycles. The Morgan fingerprint density at radius 1 is 1.20 bits per heavy atom. The van der Waals surface area contributed by atoms with Crippen molar-refractivity contribution in [2.75, 3.05) is 5.32 Å². The van der Waals surface area contributed by atoms with E-state index in [0.29, 0.717) is 6.54 Å². The quantitative estimate of drug-likeness (QED) is 0.678. The maximum absolute atomic E-state index is 4.18. The van der Waals surface area contributed by atoms with Gasteiger partial charge in [-0.1, -0.05) is 0 Å². The zero-order chi connectivity index (χ0) is 13.9. The number of rotatable bonds is 4. The van der Waals surface area contributed by atoms with Crippen molar-refractivity contribution in [3.8, 4) is 11.3 Å². The summed E-state index contributed by atoms with van der Waals surface area (Å²) in [7, 11) is 0. The average Bonchev–Trinajstić information content (AvgIpc) is 3.06. The smallest absolute Gasteiger partial charge is 0.0825 e. The van der Waals surface area contributed by atoms with Gasteiger partial charge >= 0.3 is 0 Å². The van der Waals surface area contributed by atoms with Gasteiger partial charge in [-0.3, -0.25) is 15.2 Å². The van der Waals surface area contributed by atoms with Crippen LogP contribution in [-0.2, 0) is 6.54 Å². The second kappa shape index (κ2) is 5.16. The van der Waals surface area contributed by atoms with E-state index in [-0.39, 0.29) is 0 Å². The summed E-state index contributed by atoms with van der Waals surface area (Å²) >= 11 is 0. The van der Waals surface area contributed by atoms with Crippen molar-refractivity contribution >= 4 is 5.69 Å². The number of hydrogen-bond donors (Lipinski definition) is 3. The molecule has 0 aliphatic heterocycles. The highest BCUT2D eigenvalue weighted by Gasteiger charge is 2.10. The van der Waals surface area contributed by atoms with Crippen molar-refractivity contribution in [2.24, 2.45) is 0 Å². The third-order valence-electron chi connectivity index (χ3n) is 3.25.